The Morgan fingerprint density at radius 2 is 1.92 bits per heavy atom. The fourth-order valence-corrected chi connectivity index (χ4v) is 3.33. The van der Waals surface area contributed by atoms with E-state index in [4.69, 9.17) is 9.47 Å². The molecule has 1 aromatic rings. The number of carbonyl (C=O) groups excluding carboxylic acids is 1. The van der Waals surface area contributed by atoms with Gasteiger partial charge < -0.3 is 19.9 Å². The molecule has 0 aromatic heterocycles. The molecule has 1 heterocycles. The van der Waals surface area contributed by atoms with Gasteiger partial charge in [-0.3, -0.25) is 4.79 Å². The molecule has 3 rings (SSSR count). The van der Waals surface area contributed by atoms with Gasteiger partial charge in [0.2, 0.25) is 0 Å². The Balaban J connectivity index is 1.58. The highest BCUT2D eigenvalue weighted by Crippen LogP contribution is 2.30. The van der Waals surface area contributed by atoms with Gasteiger partial charge in [-0.2, -0.15) is 0 Å². The lowest BCUT2D eigenvalue weighted by Crippen LogP contribution is -2.52. The molecule has 1 saturated heterocycles. The van der Waals surface area contributed by atoms with Crippen LogP contribution < -0.4 is 10.1 Å². The molecular formula is C18H23NO5. The van der Waals surface area contributed by atoms with Crippen LogP contribution in [0.4, 0.5) is 0 Å². The highest BCUT2D eigenvalue weighted by Gasteiger charge is 2.42. The predicted octanol–water partition coefficient (Wildman–Crippen LogP) is 2.37. The van der Waals surface area contributed by atoms with E-state index in [2.05, 4.69) is 5.32 Å². The van der Waals surface area contributed by atoms with Gasteiger partial charge >= 0.3 is 5.97 Å². The Bertz CT molecular complexity index is 586. The molecule has 6 nitrogen and oxygen atoms in total. The van der Waals surface area contributed by atoms with Crippen LogP contribution in [0.1, 0.15) is 48.9 Å². The molecule has 1 atom stereocenters. The molecule has 0 bridgehead atoms. The SMILES string of the molecule is O=C(NC1(C(=O)O)CCCC1)c1ccc(OCC2CCCO2)cc1. The summed E-state index contributed by atoms with van der Waals surface area (Å²) < 4.78 is 11.2. The lowest BCUT2D eigenvalue weighted by Gasteiger charge is -2.25. The van der Waals surface area contributed by atoms with Gasteiger partial charge in [0.1, 0.15) is 17.9 Å². The highest BCUT2D eigenvalue weighted by atomic mass is 16.5. The van der Waals surface area contributed by atoms with E-state index >= 15 is 0 Å². The van der Waals surface area contributed by atoms with Gasteiger partial charge in [0.05, 0.1) is 6.10 Å². The van der Waals surface area contributed by atoms with Crippen LogP contribution >= 0.6 is 0 Å². The van der Waals surface area contributed by atoms with Crippen LogP contribution in [-0.4, -0.2) is 41.8 Å². The minimum Gasteiger partial charge on any atom is -0.491 e. The molecule has 1 amide bonds. The summed E-state index contributed by atoms with van der Waals surface area (Å²) in [5.41, 5.74) is -0.682. The molecule has 2 fully saturated rings. The molecule has 2 N–H and O–H groups in total. The Hall–Kier alpha value is -2.08. The quantitative estimate of drug-likeness (QED) is 0.835. The second-order valence-electron chi connectivity index (χ2n) is 6.52. The topological polar surface area (TPSA) is 84.9 Å². The molecule has 1 saturated carbocycles. The van der Waals surface area contributed by atoms with Crippen molar-refractivity contribution in [3.05, 3.63) is 29.8 Å². The summed E-state index contributed by atoms with van der Waals surface area (Å²) in [6.45, 7) is 1.30. The first-order chi connectivity index (χ1) is 11.6. The number of rotatable bonds is 6. The normalized spacial score (nSPS) is 22.2. The lowest BCUT2D eigenvalue weighted by molar-refractivity contribution is -0.144. The van der Waals surface area contributed by atoms with Crippen LogP contribution in [0.5, 0.6) is 5.75 Å². The number of carboxylic acids is 1. The maximum atomic E-state index is 12.4. The summed E-state index contributed by atoms with van der Waals surface area (Å²) in [6.07, 6.45) is 4.83. The average Bonchev–Trinajstić information content (AvgIpc) is 3.25. The smallest absolute Gasteiger partial charge is 0.329 e. The molecule has 1 aromatic carbocycles. The standard InChI is InChI=1S/C18H23NO5/c20-16(19-18(17(21)22)9-1-2-10-18)13-5-7-14(8-6-13)24-12-15-4-3-11-23-15/h5-8,15H,1-4,9-12H2,(H,19,20)(H,21,22). The summed E-state index contributed by atoms with van der Waals surface area (Å²) in [5.74, 6) is -0.634. The molecular weight excluding hydrogens is 310 g/mol. The monoisotopic (exact) mass is 333 g/mol. The fourth-order valence-electron chi connectivity index (χ4n) is 3.33. The second kappa shape index (κ2) is 7.21. The number of carboxylic acid groups (broad SMARTS) is 1. The Kier molecular flexibility index (Phi) is 5.04. The third kappa shape index (κ3) is 3.70. The summed E-state index contributed by atoms with van der Waals surface area (Å²) in [6, 6.07) is 6.77. The minimum absolute atomic E-state index is 0.144. The van der Waals surface area contributed by atoms with Gasteiger partial charge in [-0.25, -0.2) is 4.79 Å². The maximum Gasteiger partial charge on any atom is 0.329 e. The Morgan fingerprint density at radius 1 is 1.21 bits per heavy atom. The molecule has 6 heteroatoms. The van der Waals surface area contributed by atoms with E-state index < -0.39 is 11.5 Å². The van der Waals surface area contributed by atoms with Gasteiger partial charge in [-0.15, -0.1) is 0 Å². The van der Waals surface area contributed by atoms with Crippen molar-refractivity contribution < 1.29 is 24.2 Å². The zero-order valence-electron chi connectivity index (χ0n) is 13.6. The highest BCUT2D eigenvalue weighted by molar-refractivity contribution is 5.98. The van der Waals surface area contributed by atoms with Crippen molar-refractivity contribution in [2.45, 2.75) is 50.2 Å². The van der Waals surface area contributed by atoms with Crippen LogP contribution in [0, 0.1) is 0 Å². The van der Waals surface area contributed by atoms with Crippen molar-refractivity contribution in [2.24, 2.45) is 0 Å². The van der Waals surface area contributed by atoms with Gasteiger partial charge in [-0.05, 0) is 49.9 Å². The van der Waals surface area contributed by atoms with Gasteiger partial charge in [0.15, 0.2) is 0 Å². The molecule has 130 valence electrons. The Morgan fingerprint density at radius 3 is 2.50 bits per heavy atom. The van der Waals surface area contributed by atoms with Crippen molar-refractivity contribution in [1.29, 1.82) is 0 Å². The summed E-state index contributed by atoms with van der Waals surface area (Å²) in [4.78, 5) is 23.9. The van der Waals surface area contributed by atoms with Crippen molar-refractivity contribution in [1.82, 2.24) is 5.32 Å². The number of hydrogen-bond donors (Lipinski definition) is 2. The number of nitrogens with one attached hydrogen (secondary N) is 1. The first-order valence-corrected chi connectivity index (χ1v) is 8.49. The zero-order valence-corrected chi connectivity index (χ0v) is 13.6. The molecule has 1 unspecified atom stereocenters. The third-order valence-corrected chi connectivity index (χ3v) is 4.80. The molecule has 1 aliphatic heterocycles. The molecule has 1 aliphatic carbocycles. The van der Waals surface area contributed by atoms with Crippen LogP contribution in [0.15, 0.2) is 24.3 Å². The molecule has 0 spiro atoms. The maximum absolute atomic E-state index is 12.4. The van der Waals surface area contributed by atoms with Crippen molar-refractivity contribution in [3.63, 3.8) is 0 Å². The van der Waals surface area contributed by atoms with Crippen LogP contribution in [0.25, 0.3) is 0 Å². The number of aliphatic carboxylic acids is 1. The number of carbonyl (C=O) groups is 2. The second-order valence-corrected chi connectivity index (χ2v) is 6.52. The molecule has 24 heavy (non-hydrogen) atoms. The fraction of sp³-hybridized carbons (Fsp3) is 0.556. The van der Waals surface area contributed by atoms with E-state index in [1.807, 2.05) is 0 Å². The first kappa shape index (κ1) is 16.8. The lowest BCUT2D eigenvalue weighted by atomic mass is 9.97. The van der Waals surface area contributed by atoms with Crippen molar-refractivity contribution in [2.75, 3.05) is 13.2 Å². The van der Waals surface area contributed by atoms with E-state index in [1.54, 1.807) is 24.3 Å². The average molecular weight is 333 g/mol. The minimum atomic E-state index is -1.12. The van der Waals surface area contributed by atoms with Gasteiger partial charge in [0.25, 0.3) is 5.91 Å². The van der Waals surface area contributed by atoms with E-state index in [0.717, 1.165) is 32.3 Å². The van der Waals surface area contributed by atoms with Crippen molar-refractivity contribution >= 4 is 11.9 Å². The summed E-state index contributed by atoms with van der Waals surface area (Å²) in [7, 11) is 0. The van der Waals surface area contributed by atoms with Crippen LogP contribution in [-0.2, 0) is 9.53 Å². The number of benzene rings is 1. The number of amides is 1. The number of ether oxygens (including phenoxy) is 2. The van der Waals surface area contributed by atoms with Gasteiger partial charge in [0, 0.05) is 12.2 Å². The Labute approximate surface area is 141 Å². The van der Waals surface area contributed by atoms with Crippen LogP contribution in [0.3, 0.4) is 0 Å². The molecule has 2 aliphatic rings. The van der Waals surface area contributed by atoms with Crippen molar-refractivity contribution in [3.8, 4) is 5.75 Å². The van der Waals surface area contributed by atoms with Crippen LogP contribution in [0.2, 0.25) is 0 Å². The molecule has 0 radical (unpaired) electrons. The zero-order chi connectivity index (χ0) is 17.0. The largest absolute Gasteiger partial charge is 0.491 e. The summed E-state index contributed by atoms with van der Waals surface area (Å²) in [5, 5.41) is 12.1. The van der Waals surface area contributed by atoms with E-state index in [-0.39, 0.29) is 12.0 Å². The van der Waals surface area contributed by atoms with E-state index in [0.29, 0.717) is 30.8 Å². The van der Waals surface area contributed by atoms with E-state index in [1.165, 1.54) is 0 Å². The predicted molar refractivity (Wildman–Crippen MR) is 87.2 cm³/mol. The third-order valence-electron chi connectivity index (χ3n) is 4.80. The first-order valence-electron chi connectivity index (χ1n) is 8.49. The van der Waals surface area contributed by atoms with Gasteiger partial charge in [-0.1, -0.05) is 12.8 Å². The summed E-state index contributed by atoms with van der Waals surface area (Å²) >= 11 is 0. The van der Waals surface area contributed by atoms with E-state index in [9.17, 15) is 14.7 Å². The number of hydrogen-bond acceptors (Lipinski definition) is 4.